The molecule has 4 rings (SSSR count). The summed E-state index contributed by atoms with van der Waals surface area (Å²) in [4.78, 5) is 33.1. The maximum absolute atomic E-state index is 12.6. The molecule has 1 fully saturated rings. The topological polar surface area (TPSA) is 62.3 Å². The minimum atomic E-state index is -0.345. The highest BCUT2D eigenvalue weighted by Gasteiger charge is 2.33. The molecular weight excluding hydrogens is 478 g/mol. The van der Waals surface area contributed by atoms with Crippen molar-refractivity contribution in [1.82, 2.24) is 9.88 Å². The molecule has 10 heteroatoms. The van der Waals surface area contributed by atoms with Gasteiger partial charge in [-0.15, -0.1) is 22.7 Å². The second-order valence-electron chi connectivity index (χ2n) is 6.23. The quantitative estimate of drug-likeness (QED) is 0.375. The third-order valence-electron chi connectivity index (χ3n) is 4.11. The molecule has 0 saturated carbocycles. The van der Waals surface area contributed by atoms with E-state index in [1.54, 1.807) is 12.3 Å². The van der Waals surface area contributed by atoms with E-state index in [0.717, 1.165) is 15.3 Å². The normalized spacial score (nSPS) is 15.2. The number of thioether (sulfide) groups is 1. The van der Waals surface area contributed by atoms with Gasteiger partial charge in [-0.2, -0.15) is 0 Å². The van der Waals surface area contributed by atoms with Crippen LogP contribution in [0, 0.1) is 0 Å². The van der Waals surface area contributed by atoms with Crippen molar-refractivity contribution in [2.45, 2.75) is 6.42 Å². The van der Waals surface area contributed by atoms with Crippen LogP contribution in [0.1, 0.15) is 15.3 Å². The van der Waals surface area contributed by atoms with Gasteiger partial charge in [0.2, 0.25) is 5.91 Å². The summed E-state index contributed by atoms with van der Waals surface area (Å²) in [5.74, 6) is -0.602. The summed E-state index contributed by atoms with van der Waals surface area (Å²) >= 11 is 15.6. The van der Waals surface area contributed by atoms with E-state index in [1.807, 2.05) is 41.8 Å². The van der Waals surface area contributed by atoms with Crippen molar-refractivity contribution in [1.29, 1.82) is 0 Å². The predicted octanol–water partition coefficient (Wildman–Crippen LogP) is 5.29. The molecule has 3 heterocycles. The Morgan fingerprint density at radius 1 is 1.27 bits per heavy atom. The van der Waals surface area contributed by atoms with Gasteiger partial charge in [0.05, 0.1) is 4.91 Å². The van der Waals surface area contributed by atoms with Crippen molar-refractivity contribution in [2.75, 3.05) is 11.9 Å². The number of halogens is 1. The van der Waals surface area contributed by atoms with Gasteiger partial charge >= 0.3 is 0 Å². The van der Waals surface area contributed by atoms with Gasteiger partial charge < -0.3 is 5.32 Å². The summed E-state index contributed by atoms with van der Waals surface area (Å²) in [6, 6.07) is 11.5. The van der Waals surface area contributed by atoms with Gasteiger partial charge in [0, 0.05) is 27.4 Å². The Morgan fingerprint density at radius 2 is 2.10 bits per heavy atom. The summed E-state index contributed by atoms with van der Waals surface area (Å²) in [5.41, 5.74) is 0.996. The van der Waals surface area contributed by atoms with Crippen molar-refractivity contribution in [3.05, 3.63) is 73.2 Å². The summed E-state index contributed by atoms with van der Waals surface area (Å²) in [6.45, 7) is -0.147. The SMILES string of the molecule is O=C(CN1C(=O)C(=Cc2cccs2)SC1=S)Nc1ncc(Cc2ccccc2Cl)s1. The molecule has 5 nitrogen and oxygen atoms in total. The first-order chi connectivity index (χ1) is 14.5. The van der Waals surface area contributed by atoms with Gasteiger partial charge in [-0.05, 0) is 29.2 Å². The average Bonchev–Trinajstić information content (AvgIpc) is 3.43. The molecule has 1 saturated heterocycles. The van der Waals surface area contributed by atoms with Crippen LogP contribution in [0.4, 0.5) is 5.13 Å². The van der Waals surface area contributed by atoms with Crippen LogP contribution in [0.15, 0.2) is 52.9 Å². The molecule has 1 aliphatic rings. The van der Waals surface area contributed by atoms with Crippen LogP contribution in [0.2, 0.25) is 5.02 Å². The number of carbonyl (C=O) groups is 2. The molecule has 1 N–H and O–H groups in total. The largest absolute Gasteiger partial charge is 0.300 e. The van der Waals surface area contributed by atoms with Crippen LogP contribution in [0.3, 0.4) is 0 Å². The Hall–Kier alpha value is -2.04. The fourth-order valence-corrected chi connectivity index (χ4v) is 5.75. The second kappa shape index (κ2) is 9.40. The molecular formula is C20H14ClN3O2S4. The smallest absolute Gasteiger partial charge is 0.266 e. The molecule has 152 valence electrons. The zero-order chi connectivity index (χ0) is 21.1. The lowest BCUT2D eigenvalue weighted by Gasteiger charge is -2.13. The number of amides is 2. The zero-order valence-corrected chi connectivity index (χ0v) is 19.4. The first-order valence-electron chi connectivity index (χ1n) is 8.76. The summed E-state index contributed by atoms with van der Waals surface area (Å²) < 4.78 is 0.372. The van der Waals surface area contributed by atoms with E-state index in [1.165, 1.54) is 39.3 Å². The Kier molecular flexibility index (Phi) is 6.64. The van der Waals surface area contributed by atoms with Gasteiger partial charge in [-0.3, -0.25) is 14.5 Å². The maximum atomic E-state index is 12.6. The summed E-state index contributed by atoms with van der Waals surface area (Å²) in [7, 11) is 0. The van der Waals surface area contributed by atoms with Gasteiger partial charge in [0.15, 0.2) is 5.13 Å². The molecule has 1 aromatic carbocycles. The van der Waals surface area contributed by atoms with Crippen molar-refractivity contribution in [2.24, 2.45) is 0 Å². The zero-order valence-electron chi connectivity index (χ0n) is 15.3. The number of carbonyl (C=O) groups excluding carboxylic acids is 2. The second-order valence-corrected chi connectivity index (χ2v) is 10.4. The first-order valence-corrected chi connectivity index (χ1v) is 12.1. The van der Waals surface area contributed by atoms with Crippen molar-refractivity contribution in [3.8, 4) is 0 Å². The number of thiazole rings is 1. The van der Waals surface area contributed by atoms with Crippen LogP contribution in [-0.4, -0.2) is 32.6 Å². The Labute approximate surface area is 195 Å². The Morgan fingerprint density at radius 3 is 2.87 bits per heavy atom. The molecule has 2 amide bonds. The van der Waals surface area contributed by atoms with Crippen LogP contribution in [0.25, 0.3) is 6.08 Å². The van der Waals surface area contributed by atoms with Crippen LogP contribution in [0.5, 0.6) is 0 Å². The minimum absolute atomic E-state index is 0.147. The number of nitrogens with one attached hydrogen (secondary N) is 1. The van der Waals surface area contributed by atoms with E-state index in [2.05, 4.69) is 10.3 Å². The number of rotatable bonds is 6. The average molecular weight is 492 g/mol. The number of anilines is 1. The van der Waals surface area contributed by atoms with Crippen LogP contribution >= 0.6 is 58.3 Å². The lowest BCUT2D eigenvalue weighted by Crippen LogP contribution is -2.36. The van der Waals surface area contributed by atoms with Crippen molar-refractivity contribution in [3.63, 3.8) is 0 Å². The molecule has 2 aromatic heterocycles. The highest BCUT2D eigenvalue weighted by Crippen LogP contribution is 2.33. The highest BCUT2D eigenvalue weighted by atomic mass is 35.5. The number of aromatic nitrogens is 1. The predicted molar refractivity (Wildman–Crippen MR) is 129 cm³/mol. The van der Waals surface area contributed by atoms with Crippen LogP contribution < -0.4 is 5.32 Å². The number of hydrogen-bond donors (Lipinski definition) is 1. The van der Waals surface area contributed by atoms with Gasteiger partial charge in [-0.25, -0.2) is 4.98 Å². The van der Waals surface area contributed by atoms with E-state index < -0.39 is 0 Å². The molecule has 0 atom stereocenters. The molecule has 3 aromatic rings. The first kappa shape index (κ1) is 21.2. The highest BCUT2D eigenvalue weighted by molar-refractivity contribution is 8.26. The minimum Gasteiger partial charge on any atom is -0.300 e. The number of thiocarbonyl (C=S) groups is 1. The number of nitrogens with zero attached hydrogens (tertiary/aromatic N) is 2. The maximum Gasteiger partial charge on any atom is 0.266 e. The molecule has 0 spiro atoms. The fraction of sp³-hybridized carbons (Fsp3) is 0.100. The third kappa shape index (κ3) is 4.98. The van der Waals surface area contributed by atoms with Crippen molar-refractivity contribution >= 4 is 85.6 Å². The summed E-state index contributed by atoms with van der Waals surface area (Å²) in [6.07, 6.45) is 4.14. The third-order valence-corrected chi connectivity index (χ3v) is 7.59. The number of thiophene rings is 1. The molecule has 0 unspecified atom stereocenters. The lowest BCUT2D eigenvalue weighted by molar-refractivity contribution is -0.126. The monoisotopic (exact) mass is 491 g/mol. The molecule has 0 bridgehead atoms. The fourth-order valence-electron chi connectivity index (χ4n) is 2.72. The molecule has 30 heavy (non-hydrogen) atoms. The standard InChI is InChI=1S/C20H14ClN3O2S4/c21-15-6-2-1-4-12(15)8-14-10-22-19(29-14)23-17(25)11-24-18(26)16(30-20(24)27)9-13-5-3-7-28-13/h1-7,9-10H,8,11H2,(H,22,23,25). The number of hydrogen-bond acceptors (Lipinski definition) is 7. The van der Waals surface area contributed by atoms with E-state index in [4.69, 9.17) is 23.8 Å². The Bertz CT molecular complexity index is 1140. The van der Waals surface area contributed by atoms with E-state index in [0.29, 0.717) is 25.8 Å². The van der Waals surface area contributed by atoms with Crippen molar-refractivity contribution < 1.29 is 9.59 Å². The molecule has 1 aliphatic heterocycles. The van der Waals surface area contributed by atoms with Gasteiger partial charge in [0.1, 0.15) is 10.9 Å². The van der Waals surface area contributed by atoms with Gasteiger partial charge in [-0.1, -0.05) is 59.8 Å². The lowest BCUT2D eigenvalue weighted by atomic mass is 10.1. The summed E-state index contributed by atoms with van der Waals surface area (Å²) in [5, 5.41) is 5.85. The Balaban J connectivity index is 1.37. The van der Waals surface area contributed by atoms with E-state index in [-0.39, 0.29) is 18.4 Å². The van der Waals surface area contributed by atoms with Gasteiger partial charge in [0.25, 0.3) is 5.91 Å². The molecule has 0 aliphatic carbocycles. The van der Waals surface area contributed by atoms with E-state index in [9.17, 15) is 9.59 Å². The molecule has 0 radical (unpaired) electrons. The van der Waals surface area contributed by atoms with Crippen LogP contribution in [-0.2, 0) is 16.0 Å². The van der Waals surface area contributed by atoms with E-state index >= 15 is 0 Å². The number of benzene rings is 1.